The number of benzene rings is 1. The molecule has 0 amide bonds. The fraction of sp³-hybridized carbons (Fsp3) is 0.556. The van der Waals surface area contributed by atoms with Gasteiger partial charge in [-0.05, 0) is 38.3 Å². The Bertz CT molecular complexity index is 753. The highest BCUT2D eigenvalue weighted by molar-refractivity contribution is 6.76. The van der Waals surface area contributed by atoms with Crippen molar-refractivity contribution in [1.82, 2.24) is 14.7 Å². The molecule has 0 aliphatic carbocycles. The Morgan fingerprint density at radius 2 is 2.00 bits per heavy atom. The largest absolute Gasteiger partial charge is 0.492 e. The van der Waals surface area contributed by atoms with Gasteiger partial charge in [-0.25, -0.2) is 9.48 Å². The van der Waals surface area contributed by atoms with Crippen LogP contribution >= 0.6 is 0 Å². The normalized spacial score (nSPS) is 12.1. The molecule has 0 aliphatic rings. The molecule has 0 saturated carbocycles. The van der Waals surface area contributed by atoms with E-state index in [1.807, 2.05) is 31.1 Å². The fourth-order valence-electron chi connectivity index (χ4n) is 2.38. The second-order valence-electron chi connectivity index (χ2n) is 7.83. The molecule has 0 saturated heterocycles. The number of aromatic nitrogens is 2. The first-order valence-electron chi connectivity index (χ1n) is 8.76. The van der Waals surface area contributed by atoms with Gasteiger partial charge in [-0.3, -0.25) is 0 Å². The Morgan fingerprint density at radius 1 is 1.27 bits per heavy atom. The number of hydrogen-bond donors (Lipinski definition) is 1. The summed E-state index contributed by atoms with van der Waals surface area (Å²) >= 11 is 0. The number of ether oxygens (including phenoxy) is 2. The molecule has 0 fully saturated rings. The smallest absolute Gasteiger partial charge is 0.357 e. The average Bonchev–Trinajstić information content (AvgIpc) is 2.89. The summed E-state index contributed by atoms with van der Waals surface area (Å²) in [6.45, 7) is 9.10. The molecule has 0 atom stereocenters. The number of fused-ring (bicyclic) bond motifs is 1. The average molecular weight is 380 g/mol. The van der Waals surface area contributed by atoms with Crippen LogP contribution in [0.4, 0.5) is 0 Å². The maximum Gasteiger partial charge on any atom is 0.357 e. The van der Waals surface area contributed by atoms with E-state index in [2.05, 4.69) is 24.7 Å². The number of hydrogen-bond acceptors (Lipinski definition) is 5. The topological polar surface area (TPSA) is 76.8 Å². The van der Waals surface area contributed by atoms with Crippen LogP contribution in [-0.2, 0) is 11.5 Å². The highest BCUT2D eigenvalue weighted by atomic mass is 28.3. The van der Waals surface area contributed by atoms with E-state index < -0.39 is 14.0 Å². The lowest BCUT2D eigenvalue weighted by Crippen LogP contribution is -2.22. The molecule has 2 aromatic rings. The molecule has 1 N–H and O–H groups in total. The van der Waals surface area contributed by atoms with Crippen LogP contribution in [0.2, 0.25) is 25.7 Å². The lowest BCUT2D eigenvalue weighted by atomic mass is 10.2. The van der Waals surface area contributed by atoms with Gasteiger partial charge in [0.2, 0.25) is 0 Å². The summed E-state index contributed by atoms with van der Waals surface area (Å²) in [6.07, 6.45) is 0. The van der Waals surface area contributed by atoms with Crippen LogP contribution in [0, 0.1) is 0 Å². The summed E-state index contributed by atoms with van der Waals surface area (Å²) in [6, 6.07) is 6.47. The van der Waals surface area contributed by atoms with Crippen LogP contribution < -0.4 is 4.74 Å². The van der Waals surface area contributed by atoms with Crippen molar-refractivity contribution in [2.75, 3.05) is 33.9 Å². The van der Waals surface area contributed by atoms with E-state index in [0.29, 0.717) is 24.3 Å². The van der Waals surface area contributed by atoms with Gasteiger partial charge in [0, 0.05) is 26.6 Å². The zero-order chi connectivity index (χ0) is 19.3. The molecule has 0 spiro atoms. The molecule has 1 aromatic carbocycles. The Hall–Kier alpha value is -1.90. The second-order valence-corrected chi connectivity index (χ2v) is 13.5. The monoisotopic (exact) mass is 379 g/mol. The number of likely N-dealkylation sites (N-methyl/N-ethyl adjacent to an activating group) is 1. The number of nitrogens with zero attached hydrogens (tertiary/aromatic N) is 3. The number of rotatable bonds is 10. The van der Waals surface area contributed by atoms with E-state index >= 15 is 0 Å². The first-order valence-corrected chi connectivity index (χ1v) is 12.5. The highest BCUT2D eigenvalue weighted by Crippen LogP contribution is 2.24. The first-order chi connectivity index (χ1) is 12.2. The van der Waals surface area contributed by atoms with Gasteiger partial charge >= 0.3 is 5.97 Å². The van der Waals surface area contributed by atoms with Gasteiger partial charge in [0.05, 0.1) is 5.52 Å². The maximum absolute atomic E-state index is 11.5. The third kappa shape index (κ3) is 5.82. The van der Waals surface area contributed by atoms with Crippen molar-refractivity contribution in [2.45, 2.75) is 32.4 Å². The van der Waals surface area contributed by atoms with E-state index in [4.69, 9.17) is 9.47 Å². The minimum Gasteiger partial charge on any atom is -0.492 e. The Morgan fingerprint density at radius 3 is 2.62 bits per heavy atom. The van der Waals surface area contributed by atoms with Crippen molar-refractivity contribution < 1.29 is 19.4 Å². The van der Waals surface area contributed by atoms with E-state index in [1.54, 1.807) is 10.7 Å². The van der Waals surface area contributed by atoms with E-state index in [-0.39, 0.29) is 12.4 Å². The van der Waals surface area contributed by atoms with Crippen LogP contribution in [0.25, 0.3) is 10.9 Å². The van der Waals surface area contributed by atoms with Crippen molar-refractivity contribution in [2.24, 2.45) is 0 Å². The number of carbonyl (C=O) groups is 1. The number of carboxylic acid groups (broad SMARTS) is 1. The standard InChI is InChI=1S/C18H29N3O4Si/c1-20(2)8-9-25-14-6-7-16-15(12-14)17(18(22)23)19-21(16)13-24-10-11-26(3,4)5/h6-7,12H,8-11,13H2,1-5H3,(H,22,23). The van der Waals surface area contributed by atoms with Crippen LogP contribution in [0.15, 0.2) is 18.2 Å². The molecule has 0 radical (unpaired) electrons. The first kappa shape index (κ1) is 20.4. The molecular weight excluding hydrogens is 350 g/mol. The summed E-state index contributed by atoms with van der Waals surface area (Å²) < 4.78 is 13.0. The van der Waals surface area contributed by atoms with Crippen molar-refractivity contribution in [1.29, 1.82) is 0 Å². The van der Waals surface area contributed by atoms with Crippen LogP contribution in [0.1, 0.15) is 10.5 Å². The van der Waals surface area contributed by atoms with Gasteiger partial charge in [-0.1, -0.05) is 19.6 Å². The molecule has 7 nitrogen and oxygen atoms in total. The predicted molar refractivity (Wildman–Crippen MR) is 105 cm³/mol. The van der Waals surface area contributed by atoms with Crippen LogP contribution in [0.3, 0.4) is 0 Å². The van der Waals surface area contributed by atoms with E-state index in [0.717, 1.165) is 18.1 Å². The SMILES string of the molecule is CN(C)CCOc1ccc2c(c1)c(C(=O)O)nn2COCC[Si](C)(C)C. The quantitative estimate of drug-likeness (QED) is 0.505. The predicted octanol–water partition coefficient (Wildman–Crippen LogP) is 2.99. The second kappa shape index (κ2) is 8.66. The van der Waals surface area contributed by atoms with Crippen LogP contribution in [0.5, 0.6) is 5.75 Å². The molecular formula is C18H29N3O4Si. The number of carboxylic acids is 1. The van der Waals surface area contributed by atoms with Gasteiger partial charge in [0.15, 0.2) is 5.69 Å². The molecule has 0 bridgehead atoms. The molecule has 0 aliphatic heterocycles. The van der Waals surface area contributed by atoms with Crippen molar-refractivity contribution >= 4 is 24.9 Å². The third-order valence-corrected chi connectivity index (χ3v) is 5.65. The van der Waals surface area contributed by atoms with Gasteiger partial charge in [0.25, 0.3) is 0 Å². The molecule has 26 heavy (non-hydrogen) atoms. The molecule has 1 heterocycles. The summed E-state index contributed by atoms with van der Waals surface area (Å²) in [7, 11) is 2.79. The summed E-state index contributed by atoms with van der Waals surface area (Å²) in [4.78, 5) is 13.6. The van der Waals surface area contributed by atoms with Crippen molar-refractivity contribution in [3.8, 4) is 5.75 Å². The number of aromatic carboxylic acids is 1. The zero-order valence-corrected chi connectivity index (χ0v) is 17.3. The Labute approximate surface area is 155 Å². The van der Waals surface area contributed by atoms with E-state index in [9.17, 15) is 9.90 Å². The maximum atomic E-state index is 11.5. The third-order valence-electron chi connectivity index (χ3n) is 3.94. The van der Waals surface area contributed by atoms with E-state index in [1.165, 1.54) is 0 Å². The minimum absolute atomic E-state index is 0.0202. The summed E-state index contributed by atoms with van der Waals surface area (Å²) in [5.74, 6) is -0.414. The van der Waals surface area contributed by atoms with Crippen LogP contribution in [-0.4, -0.2) is 67.7 Å². The molecule has 144 valence electrons. The van der Waals surface area contributed by atoms with Gasteiger partial charge in [-0.15, -0.1) is 0 Å². The summed E-state index contributed by atoms with van der Waals surface area (Å²) in [5.41, 5.74) is 0.752. The molecule has 0 unspecified atom stereocenters. The lowest BCUT2D eigenvalue weighted by Gasteiger charge is -2.15. The fourth-order valence-corrected chi connectivity index (χ4v) is 3.14. The Balaban J connectivity index is 2.14. The highest BCUT2D eigenvalue weighted by Gasteiger charge is 2.18. The molecule has 8 heteroatoms. The molecule has 2 rings (SSSR count). The van der Waals surface area contributed by atoms with Gasteiger partial charge < -0.3 is 19.5 Å². The van der Waals surface area contributed by atoms with Gasteiger partial charge in [-0.2, -0.15) is 5.10 Å². The molecule has 1 aromatic heterocycles. The Kier molecular flexibility index (Phi) is 6.79. The van der Waals surface area contributed by atoms with Crippen molar-refractivity contribution in [3.63, 3.8) is 0 Å². The van der Waals surface area contributed by atoms with Crippen molar-refractivity contribution in [3.05, 3.63) is 23.9 Å². The van der Waals surface area contributed by atoms with Gasteiger partial charge in [0.1, 0.15) is 19.1 Å². The minimum atomic E-state index is -1.16. The summed E-state index contributed by atoms with van der Waals surface area (Å²) in [5, 5.41) is 14.2. The zero-order valence-electron chi connectivity index (χ0n) is 16.3. The lowest BCUT2D eigenvalue weighted by molar-refractivity contribution is 0.0676.